The van der Waals surface area contributed by atoms with E-state index in [1.165, 1.54) is 20.4 Å². The lowest BCUT2D eigenvalue weighted by molar-refractivity contribution is -0.130. The molecule has 168 valence electrons. The van der Waals surface area contributed by atoms with Crippen molar-refractivity contribution in [3.05, 3.63) is 23.5 Å². The van der Waals surface area contributed by atoms with Gasteiger partial charge < -0.3 is 9.64 Å². The van der Waals surface area contributed by atoms with Gasteiger partial charge in [0.2, 0.25) is 5.91 Å². The number of methoxy groups -OCH3 is 1. The van der Waals surface area contributed by atoms with Crippen molar-refractivity contribution >= 4 is 33.2 Å². The van der Waals surface area contributed by atoms with Gasteiger partial charge in [0.15, 0.2) is 5.69 Å². The van der Waals surface area contributed by atoms with Crippen LogP contribution in [0.1, 0.15) is 41.7 Å². The van der Waals surface area contributed by atoms with E-state index in [1.807, 2.05) is 6.92 Å². The summed E-state index contributed by atoms with van der Waals surface area (Å²) in [5, 5.41) is 4.73. The maximum absolute atomic E-state index is 13.2. The molecule has 2 aliphatic rings. The van der Waals surface area contributed by atoms with E-state index < -0.39 is 15.6 Å². The second-order valence-electron chi connectivity index (χ2n) is 7.78. The van der Waals surface area contributed by atoms with E-state index in [4.69, 9.17) is 4.74 Å². The molecule has 1 saturated heterocycles. The Kier molecular flexibility index (Phi) is 6.73. The maximum atomic E-state index is 13.2. The van der Waals surface area contributed by atoms with Gasteiger partial charge in [-0.15, -0.1) is 0 Å². The summed E-state index contributed by atoms with van der Waals surface area (Å²) in [6.07, 6.45) is 4.37. The van der Waals surface area contributed by atoms with Gasteiger partial charge in [-0.3, -0.25) is 14.4 Å². The first kappa shape index (κ1) is 22.9. The second-order valence-corrected chi connectivity index (χ2v) is 10.3. The number of likely N-dealkylation sites (tertiary alicyclic amines) is 1. The molecule has 2 aliphatic heterocycles. The van der Waals surface area contributed by atoms with E-state index in [0.717, 1.165) is 10.6 Å². The van der Waals surface area contributed by atoms with E-state index in [1.54, 1.807) is 17.2 Å². The fourth-order valence-electron chi connectivity index (χ4n) is 3.62. The number of amides is 3. The van der Waals surface area contributed by atoms with Crippen molar-refractivity contribution in [1.29, 1.82) is 0 Å². The molecule has 3 heterocycles. The average Bonchev–Trinajstić information content (AvgIpc) is 2.74. The molecule has 10 nitrogen and oxygen atoms in total. The number of piperidine rings is 1. The van der Waals surface area contributed by atoms with Gasteiger partial charge in [0.05, 0.1) is 16.8 Å². The molecule has 0 N–H and O–H groups in total. The summed E-state index contributed by atoms with van der Waals surface area (Å²) in [6.45, 7) is 2.64. The molecule has 0 spiro atoms. The minimum Gasteiger partial charge on any atom is -0.494 e. The fraction of sp³-hybridized carbons (Fsp3) is 0.550. The maximum Gasteiger partial charge on any atom is 0.301 e. The lowest BCUT2D eigenvalue weighted by Crippen LogP contribution is -2.42. The monoisotopic (exact) mass is 449 g/mol. The number of hydrazone groups is 1. The zero-order valence-corrected chi connectivity index (χ0v) is 19.0. The van der Waals surface area contributed by atoms with Crippen molar-refractivity contribution in [1.82, 2.24) is 14.9 Å². The Morgan fingerprint density at radius 3 is 2.55 bits per heavy atom. The minimum absolute atomic E-state index is 0.141. The highest BCUT2D eigenvalue weighted by atomic mass is 32.2. The number of pyridine rings is 1. The standard InChI is InChI=1S/C20H27N5O5S/c1-13-11-16(30-3)18(21-12-13)20(28)25-9-7-14(8-10-25)31(4,29)23-19(27)15-5-6-17(26)24(2)22-15/h11-12,14H,5-10H2,1-4H3. The largest absolute Gasteiger partial charge is 0.494 e. The number of rotatable bonds is 4. The van der Waals surface area contributed by atoms with Crippen LogP contribution in [-0.4, -0.2) is 81.3 Å². The first-order chi connectivity index (χ1) is 14.6. The molecule has 1 atom stereocenters. The molecule has 1 aromatic rings. The molecule has 0 aromatic carbocycles. The van der Waals surface area contributed by atoms with Gasteiger partial charge in [-0.25, -0.2) is 14.2 Å². The van der Waals surface area contributed by atoms with Gasteiger partial charge in [-0.05, 0) is 31.4 Å². The Labute approximate surface area is 181 Å². The highest BCUT2D eigenvalue weighted by molar-refractivity contribution is 7.93. The molecule has 1 aromatic heterocycles. The number of carbonyl (C=O) groups is 3. The Morgan fingerprint density at radius 1 is 1.26 bits per heavy atom. The molecule has 31 heavy (non-hydrogen) atoms. The molecule has 0 saturated carbocycles. The Balaban J connectivity index is 1.68. The predicted octanol–water partition coefficient (Wildman–Crippen LogP) is 1.24. The quantitative estimate of drug-likeness (QED) is 0.682. The molecule has 0 aliphatic carbocycles. The minimum atomic E-state index is -2.83. The van der Waals surface area contributed by atoms with Crippen LogP contribution in [0.2, 0.25) is 0 Å². The normalized spacial score (nSPS) is 19.5. The molecule has 3 rings (SSSR count). The van der Waals surface area contributed by atoms with Gasteiger partial charge in [0, 0.05) is 50.7 Å². The van der Waals surface area contributed by atoms with Gasteiger partial charge in [-0.2, -0.15) is 9.46 Å². The summed E-state index contributed by atoms with van der Waals surface area (Å²) in [7, 11) is 0.137. The van der Waals surface area contributed by atoms with Crippen molar-refractivity contribution in [2.45, 2.75) is 37.9 Å². The van der Waals surface area contributed by atoms with E-state index in [9.17, 15) is 18.6 Å². The van der Waals surface area contributed by atoms with E-state index in [-0.39, 0.29) is 41.3 Å². The third-order valence-corrected chi connectivity index (χ3v) is 7.71. The Bertz CT molecular complexity index is 1050. The number of hydrogen-bond donors (Lipinski definition) is 0. The van der Waals surface area contributed by atoms with Crippen molar-refractivity contribution in [3.8, 4) is 5.75 Å². The van der Waals surface area contributed by atoms with Gasteiger partial charge in [-0.1, -0.05) is 0 Å². The summed E-state index contributed by atoms with van der Waals surface area (Å²) in [5.41, 5.74) is 1.28. The summed E-state index contributed by atoms with van der Waals surface area (Å²) >= 11 is 0. The topological polar surface area (TPSA) is 122 Å². The van der Waals surface area contributed by atoms with Crippen LogP contribution < -0.4 is 4.74 Å². The molecule has 0 radical (unpaired) electrons. The van der Waals surface area contributed by atoms with Crippen LogP contribution in [-0.2, 0) is 19.3 Å². The predicted molar refractivity (Wildman–Crippen MR) is 115 cm³/mol. The van der Waals surface area contributed by atoms with Gasteiger partial charge in [0.25, 0.3) is 5.91 Å². The number of nitrogens with zero attached hydrogens (tertiary/aromatic N) is 5. The smallest absolute Gasteiger partial charge is 0.301 e. The first-order valence-electron chi connectivity index (χ1n) is 10.0. The van der Waals surface area contributed by atoms with Crippen molar-refractivity contribution in [2.24, 2.45) is 9.46 Å². The van der Waals surface area contributed by atoms with Crippen LogP contribution in [0.4, 0.5) is 0 Å². The second kappa shape index (κ2) is 9.13. The summed E-state index contributed by atoms with van der Waals surface area (Å²) < 4.78 is 22.4. The van der Waals surface area contributed by atoms with Crippen molar-refractivity contribution in [3.63, 3.8) is 0 Å². The summed E-state index contributed by atoms with van der Waals surface area (Å²) in [6, 6.07) is 1.76. The third kappa shape index (κ3) is 5.09. The molecule has 11 heteroatoms. The van der Waals surface area contributed by atoms with Gasteiger partial charge in [0.1, 0.15) is 11.5 Å². The Hall–Kier alpha value is -2.82. The summed E-state index contributed by atoms with van der Waals surface area (Å²) in [4.78, 5) is 42.7. The third-order valence-electron chi connectivity index (χ3n) is 5.48. The van der Waals surface area contributed by atoms with Crippen LogP contribution in [0.3, 0.4) is 0 Å². The van der Waals surface area contributed by atoms with Crippen molar-refractivity contribution < 1.29 is 23.3 Å². The van der Waals surface area contributed by atoms with Crippen LogP contribution >= 0.6 is 0 Å². The average molecular weight is 450 g/mol. The van der Waals surface area contributed by atoms with Crippen LogP contribution in [0.25, 0.3) is 0 Å². The number of hydrogen-bond acceptors (Lipinski definition) is 7. The number of aromatic nitrogens is 1. The van der Waals surface area contributed by atoms with E-state index in [2.05, 4.69) is 14.4 Å². The highest BCUT2D eigenvalue weighted by Gasteiger charge is 2.31. The Morgan fingerprint density at radius 2 is 1.94 bits per heavy atom. The zero-order chi connectivity index (χ0) is 22.8. The van der Waals surface area contributed by atoms with E-state index >= 15 is 0 Å². The molecule has 1 fully saturated rings. The molecular formula is C20H27N5O5S. The van der Waals surface area contributed by atoms with Crippen LogP contribution in [0.5, 0.6) is 5.75 Å². The molecule has 0 bridgehead atoms. The lowest BCUT2D eigenvalue weighted by atomic mass is 10.1. The van der Waals surface area contributed by atoms with Crippen LogP contribution in [0.15, 0.2) is 21.7 Å². The van der Waals surface area contributed by atoms with Gasteiger partial charge >= 0.3 is 5.91 Å². The van der Waals surface area contributed by atoms with E-state index in [0.29, 0.717) is 31.7 Å². The first-order valence-corrected chi connectivity index (χ1v) is 12.0. The van der Waals surface area contributed by atoms with Crippen LogP contribution in [0, 0.1) is 6.92 Å². The lowest BCUT2D eigenvalue weighted by Gasteiger charge is -2.32. The fourth-order valence-corrected chi connectivity index (χ4v) is 5.29. The van der Waals surface area contributed by atoms with Crippen molar-refractivity contribution in [2.75, 3.05) is 33.5 Å². The number of carbonyl (C=O) groups excluding carboxylic acids is 3. The SMILES string of the molecule is COc1cc(C)cnc1C(=O)N1CCC(S(C)(=O)=NC(=O)C2=NN(C)C(=O)CC2)CC1. The number of aryl methyl sites for hydroxylation is 1. The summed E-state index contributed by atoms with van der Waals surface area (Å²) in [5.74, 6) is -0.636. The zero-order valence-electron chi connectivity index (χ0n) is 18.2. The molecule has 3 amide bonds. The molecular weight excluding hydrogens is 422 g/mol. The molecule has 1 unspecified atom stereocenters. The highest BCUT2D eigenvalue weighted by Crippen LogP contribution is 2.24. The number of ether oxygens (including phenoxy) is 1.